The van der Waals surface area contributed by atoms with Crippen LogP contribution in [0.4, 0.5) is 0 Å². The van der Waals surface area contributed by atoms with E-state index in [1.165, 1.54) is 12.8 Å². The third-order valence-electron chi connectivity index (χ3n) is 3.25. The maximum Gasteiger partial charge on any atom is 0.244 e. The largest absolute Gasteiger partial charge is 0.473 e. The predicted octanol–water partition coefficient (Wildman–Crippen LogP) is 2.05. The van der Waals surface area contributed by atoms with Crippen LogP contribution >= 0.6 is 12.2 Å². The SMILES string of the molecule is Cc1nnc(OC2CCCC2)c(C(N)=S)c1C. The topological polar surface area (TPSA) is 61.0 Å². The first-order valence-corrected chi connectivity index (χ1v) is 6.30. The number of hydrogen-bond acceptors (Lipinski definition) is 4. The second kappa shape index (κ2) is 4.96. The summed E-state index contributed by atoms with van der Waals surface area (Å²) in [6, 6.07) is 0. The molecule has 1 aliphatic rings. The molecule has 1 aromatic rings. The van der Waals surface area contributed by atoms with Crippen molar-refractivity contribution in [1.82, 2.24) is 10.2 Å². The van der Waals surface area contributed by atoms with Gasteiger partial charge in [-0.2, -0.15) is 5.10 Å². The molecule has 0 spiro atoms. The fraction of sp³-hybridized carbons (Fsp3) is 0.583. The van der Waals surface area contributed by atoms with Crippen molar-refractivity contribution >= 4 is 17.2 Å². The monoisotopic (exact) mass is 251 g/mol. The lowest BCUT2D eigenvalue weighted by atomic mass is 10.1. The Bertz CT molecular complexity index is 442. The van der Waals surface area contributed by atoms with Gasteiger partial charge < -0.3 is 10.5 Å². The van der Waals surface area contributed by atoms with Crippen molar-refractivity contribution in [3.63, 3.8) is 0 Å². The highest BCUT2D eigenvalue weighted by molar-refractivity contribution is 7.80. The predicted molar refractivity (Wildman–Crippen MR) is 70.3 cm³/mol. The number of hydrogen-bond donors (Lipinski definition) is 1. The van der Waals surface area contributed by atoms with Gasteiger partial charge in [0.2, 0.25) is 5.88 Å². The highest BCUT2D eigenvalue weighted by Crippen LogP contribution is 2.26. The Balaban J connectivity index is 2.32. The van der Waals surface area contributed by atoms with Crippen LogP contribution in [0, 0.1) is 13.8 Å². The number of nitrogens with two attached hydrogens (primary N) is 1. The molecule has 0 bridgehead atoms. The minimum Gasteiger partial charge on any atom is -0.473 e. The summed E-state index contributed by atoms with van der Waals surface area (Å²) in [6.45, 7) is 3.84. The molecule has 1 aliphatic carbocycles. The fourth-order valence-electron chi connectivity index (χ4n) is 2.12. The lowest BCUT2D eigenvalue weighted by Crippen LogP contribution is -2.20. The van der Waals surface area contributed by atoms with Gasteiger partial charge >= 0.3 is 0 Å². The van der Waals surface area contributed by atoms with E-state index >= 15 is 0 Å². The van der Waals surface area contributed by atoms with E-state index in [1.807, 2.05) is 13.8 Å². The molecular formula is C12H17N3OS. The summed E-state index contributed by atoms with van der Waals surface area (Å²) in [4.78, 5) is 0.327. The summed E-state index contributed by atoms with van der Waals surface area (Å²) in [7, 11) is 0. The van der Waals surface area contributed by atoms with Gasteiger partial charge in [-0.05, 0) is 45.1 Å². The number of aryl methyl sites for hydroxylation is 1. The Morgan fingerprint density at radius 3 is 2.53 bits per heavy atom. The van der Waals surface area contributed by atoms with Gasteiger partial charge in [-0.15, -0.1) is 5.10 Å². The van der Waals surface area contributed by atoms with Gasteiger partial charge in [-0.25, -0.2) is 0 Å². The van der Waals surface area contributed by atoms with Gasteiger partial charge in [0.05, 0.1) is 11.3 Å². The maximum absolute atomic E-state index is 5.86. The fourth-order valence-corrected chi connectivity index (χ4v) is 2.36. The number of ether oxygens (including phenoxy) is 1. The zero-order chi connectivity index (χ0) is 12.4. The van der Waals surface area contributed by atoms with Crippen LogP contribution in [0.1, 0.15) is 42.5 Å². The van der Waals surface area contributed by atoms with Gasteiger partial charge in [0.1, 0.15) is 11.1 Å². The molecule has 0 amide bonds. The first-order chi connectivity index (χ1) is 8.09. The van der Waals surface area contributed by atoms with Crippen LogP contribution in [-0.2, 0) is 0 Å². The molecule has 17 heavy (non-hydrogen) atoms. The molecule has 92 valence electrons. The van der Waals surface area contributed by atoms with E-state index in [1.54, 1.807) is 0 Å². The third kappa shape index (κ3) is 2.54. The maximum atomic E-state index is 5.86. The van der Waals surface area contributed by atoms with E-state index in [2.05, 4.69) is 10.2 Å². The number of nitrogens with zero attached hydrogens (tertiary/aromatic N) is 2. The third-order valence-corrected chi connectivity index (χ3v) is 3.45. The molecule has 2 rings (SSSR count). The van der Waals surface area contributed by atoms with Crippen LogP contribution in [0.5, 0.6) is 5.88 Å². The molecule has 1 saturated carbocycles. The van der Waals surface area contributed by atoms with Crippen LogP contribution in [-0.4, -0.2) is 21.3 Å². The van der Waals surface area contributed by atoms with Crippen molar-refractivity contribution in [3.05, 3.63) is 16.8 Å². The average molecular weight is 251 g/mol. The van der Waals surface area contributed by atoms with Crippen molar-refractivity contribution in [3.8, 4) is 5.88 Å². The molecule has 0 aliphatic heterocycles. The van der Waals surface area contributed by atoms with Crippen LogP contribution < -0.4 is 10.5 Å². The molecule has 1 fully saturated rings. The summed E-state index contributed by atoms with van der Waals surface area (Å²) in [5, 5.41) is 8.16. The average Bonchev–Trinajstić information content (AvgIpc) is 2.76. The van der Waals surface area contributed by atoms with Gasteiger partial charge in [0.15, 0.2) is 0 Å². The smallest absolute Gasteiger partial charge is 0.244 e. The van der Waals surface area contributed by atoms with Gasteiger partial charge in [-0.3, -0.25) is 0 Å². The van der Waals surface area contributed by atoms with Crippen LogP contribution in [0.15, 0.2) is 0 Å². The first-order valence-electron chi connectivity index (χ1n) is 5.90. The lowest BCUT2D eigenvalue weighted by Gasteiger charge is -2.16. The standard InChI is InChI=1S/C12H17N3OS/c1-7-8(2)14-15-12(10(7)11(13)17)16-9-5-3-4-6-9/h9H,3-6H2,1-2H3,(H2,13,17). The highest BCUT2D eigenvalue weighted by Gasteiger charge is 2.21. The molecule has 0 atom stereocenters. The van der Waals surface area contributed by atoms with Gasteiger partial charge in [0, 0.05) is 0 Å². The quantitative estimate of drug-likeness (QED) is 0.833. The highest BCUT2D eigenvalue weighted by atomic mass is 32.1. The summed E-state index contributed by atoms with van der Waals surface area (Å²) in [5.74, 6) is 0.493. The molecule has 4 nitrogen and oxygen atoms in total. The molecule has 0 unspecified atom stereocenters. The van der Waals surface area contributed by atoms with E-state index in [-0.39, 0.29) is 6.10 Å². The molecule has 2 N–H and O–H groups in total. The molecule has 1 heterocycles. The van der Waals surface area contributed by atoms with Crippen molar-refractivity contribution in [2.75, 3.05) is 0 Å². The molecule has 1 aromatic heterocycles. The molecule has 5 heteroatoms. The van der Waals surface area contributed by atoms with E-state index < -0.39 is 0 Å². The van der Waals surface area contributed by atoms with Crippen molar-refractivity contribution in [2.24, 2.45) is 5.73 Å². The molecule has 0 aromatic carbocycles. The van der Waals surface area contributed by atoms with E-state index in [0.29, 0.717) is 10.9 Å². The number of thiocarbonyl (C=S) groups is 1. The zero-order valence-electron chi connectivity index (χ0n) is 10.2. The van der Waals surface area contributed by atoms with Crippen molar-refractivity contribution < 1.29 is 4.74 Å². The van der Waals surface area contributed by atoms with Gasteiger partial charge in [0.25, 0.3) is 0 Å². The normalized spacial score (nSPS) is 16.1. The minimum atomic E-state index is 0.236. The summed E-state index contributed by atoms with van der Waals surface area (Å²) in [6.07, 6.45) is 4.81. The zero-order valence-corrected chi connectivity index (χ0v) is 11.0. The lowest BCUT2D eigenvalue weighted by molar-refractivity contribution is 0.198. The van der Waals surface area contributed by atoms with Crippen molar-refractivity contribution in [1.29, 1.82) is 0 Å². The molecule has 0 saturated heterocycles. The van der Waals surface area contributed by atoms with Crippen molar-refractivity contribution in [2.45, 2.75) is 45.6 Å². The summed E-state index contributed by atoms with van der Waals surface area (Å²) < 4.78 is 5.86. The second-order valence-electron chi connectivity index (χ2n) is 4.48. The van der Waals surface area contributed by atoms with Gasteiger partial charge in [-0.1, -0.05) is 12.2 Å². The second-order valence-corrected chi connectivity index (χ2v) is 4.92. The Hall–Kier alpha value is -1.23. The molecule has 0 radical (unpaired) electrons. The summed E-state index contributed by atoms with van der Waals surface area (Å²) >= 11 is 5.07. The van der Waals surface area contributed by atoms with Crippen LogP contribution in [0.25, 0.3) is 0 Å². The molecular weight excluding hydrogens is 234 g/mol. The Morgan fingerprint density at radius 1 is 1.29 bits per heavy atom. The Morgan fingerprint density at radius 2 is 1.94 bits per heavy atom. The Kier molecular flexibility index (Phi) is 3.57. The van der Waals surface area contributed by atoms with Crippen LogP contribution in [0.3, 0.4) is 0 Å². The number of aromatic nitrogens is 2. The van der Waals surface area contributed by atoms with E-state index in [0.717, 1.165) is 29.7 Å². The minimum absolute atomic E-state index is 0.236. The van der Waals surface area contributed by atoms with E-state index in [4.69, 9.17) is 22.7 Å². The van der Waals surface area contributed by atoms with Crippen LogP contribution in [0.2, 0.25) is 0 Å². The summed E-state index contributed by atoms with van der Waals surface area (Å²) in [5.41, 5.74) is 8.28. The van der Waals surface area contributed by atoms with E-state index in [9.17, 15) is 0 Å². The Labute approximate surface area is 107 Å². The number of rotatable bonds is 3. The first kappa shape index (κ1) is 12.2.